The van der Waals surface area contributed by atoms with Crippen LogP contribution in [-0.2, 0) is 0 Å². The number of nitrogen functional groups attached to an aromatic ring is 1. The van der Waals surface area contributed by atoms with Crippen LogP contribution in [0.15, 0.2) is 35.0 Å². The predicted octanol–water partition coefficient (Wildman–Crippen LogP) is 0.933. The molecule has 0 unspecified atom stereocenters. The van der Waals surface area contributed by atoms with E-state index in [1.807, 2.05) is 0 Å². The van der Waals surface area contributed by atoms with Crippen molar-refractivity contribution in [2.45, 2.75) is 10.2 Å². The fourth-order valence-corrected chi connectivity index (χ4v) is 1.43. The molecule has 0 fully saturated rings. The van der Waals surface area contributed by atoms with Crippen molar-refractivity contribution in [3.8, 4) is 0 Å². The molecule has 0 radical (unpaired) electrons. The Balaban J connectivity index is 2.15. The van der Waals surface area contributed by atoms with E-state index in [2.05, 4.69) is 19.9 Å². The van der Waals surface area contributed by atoms with Crippen LogP contribution in [0.2, 0.25) is 0 Å². The van der Waals surface area contributed by atoms with Gasteiger partial charge in [0.25, 0.3) is 0 Å². The van der Waals surface area contributed by atoms with Crippen LogP contribution >= 0.6 is 11.8 Å². The van der Waals surface area contributed by atoms with E-state index >= 15 is 0 Å². The predicted molar refractivity (Wildman–Crippen MR) is 49.2 cm³/mol. The van der Waals surface area contributed by atoms with Gasteiger partial charge in [-0.3, -0.25) is 0 Å². The molecular formula is C7H7N5S. The molecule has 0 bridgehead atoms. The van der Waals surface area contributed by atoms with Gasteiger partial charge in [0.1, 0.15) is 10.8 Å². The first kappa shape index (κ1) is 8.06. The lowest BCUT2D eigenvalue weighted by Gasteiger charge is -1.95. The van der Waals surface area contributed by atoms with Crippen molar-refractivity contribution < 1.29 is 0 Å². The highest BCUT2D eigenvalue weighted by Crippen LogP contribution is 2.20. The van der Waals surface area contributed by atoms with E-state index < -0.39 is 0 Å². The Morgan fingerprint density at radius 1 is 1.23 bits per heavy atom. The van der Waals surface area contributed by atoms with E-state index in [0.29, 0.717) is 5.82 Å². The van der Waals surface area contributed by atoms with Crippen LogP contribution in [0, 0.1) is 0 Å². The van der Waals surface area contributed by atoms with Gasteiger partial charge in [0.2, 0.25) is 0 Å². The van der Waals surface area contributed by atoms with Gasteiger partial charge in [0, 0.05) is 12.4 Å². The van der Waals surface area contributed by atoms with Gasteiger partial charge < -0.3 is 10.7 Å². The van der Waals surface area contributed by atoms with Crippen molar-refractivity contribution >= 4 is 17.6 Å². The molecule has 0 aromatic carbocycles. The highest BCUT2D eigenvalue weighted by molar-refractivity contribution is 7.99. The topological polar surface area (TPSA) is 80.5 Å². The SMILES string of the molecule is Nc1cnc(Sc2ncc[nH]2)cn1. The summed E-state index contributed by atoms with van der Waals surface area (Å²) >= 11 is 1.41. The van der Waals surface area contributed by atoms with Crippen molar-refractivity contribution in [2.24, 2.45) is 0 Å². The van der Waals surface area contributed by atoms with Gasteiger partial charge in [-0.05, 0) is 11.8 Å². The van der Waals surface area contributed by atoms with Crippen LogP contribution in [0.5, 0.6) is 0 Å². The number of rotatable bonds is 2. The number of aromatic nitrogens is 4. The third-order valence-corrected chi connectivity index (χ3v) is 2.16. The average Bonchev–Trinajstić information content (AvgIpc) is 2.62. The summed E-state index contributed by atoms with van der Waals surface area (Å²) in [7, 11) is 0. The first-order chi connectivity index (χ1) is 6.34. The van der Waals surface area contributed by atoms with E-state index in [1.165, 1.54) is 18.0 Å². The number of nitrogens with zero attached hydrogens (tertiary/aromatic N) is 3. The van der Waals surface area contributed by atoms with Gasteiger partial charge in [-0.2, -0.15) is 0 Å². The molecule has 66 valence electrons. The number of imidazole rings is 1. The number of aromatic amines is 1. The Hall–Kier alpha value is -1.56. The van der Waals surface area contributed by atoms with E-state index in [9.17, 15) is 0 Å². The van der Waals surface area contributed by atoms with Crippen LogP contribution in [0.1, 0.15) is 0 Å². The molecule has 5 nitrogen and oxygen atoms in total. The number of H-pyrrole nitrogens is 1. The van der Waals surface area contributed by atoms with Crippen LogP contribution in [0.3, 0.4) is 0 Å². The van der Waals surface area contributed by atoms with Gasteiger partial charge in [0.05, 0.1) is 12.4 Å². The summed E-state index contributed by atoms with van der Waals surface area (Å²) in [5.74, 6) is 0.420. The monoisotopic (exact) mass is 193 g/mol. The molecule has 2 aromatic rings. The Bertz CT molecular complexity index is 368. The molecule has 2 heterocycles. The zero-order valence-corrected chi connectivity index (χ0v) is 7.45. The summed E-state index contributed by atoms with van der Waals surface area (Å²) in [4.78, 5) is 15.0. The van der Waals surface area contributed by atoms with Crippen molar-refractivity contribution in [2.75, 3.05) is 5.73 Å². The molecule has 2 aromatic heterocycles. The van der Waals surface area contributed by atoms with Crippen LogP contribution < -0.4 is 5.73 Å². The lowest BCUT2D eigenvalue weighted by Crippen LogP contribution is -1.91. The smallest absolute Gasteiger partial charge is 0.171 e. The van der Waals surface area contributed by atoms with Gasteiger partial charge in [-0.25, -0.2) is 15.0 Å². The summed E-state index contributed by atoms with van der Waals surface area (Å²) in [5.41, 5.74) is 5.39. The molecule has 0 saturated carbocycles. The summed E-state index contributed by atoms with van der Waals surface area (Å²) in [6.45, 7) is 0. The van der Waals surface area contributed by atoms with Crippen molar-refractivity contribution in [3.63, 3.8) is 0 Å². The molecule has 0 atom stereocenters. The van der Waals surface area contributed by atoms with E-state index in [1.54, 1.807) is 18.6 Å². The minimum absolute atomic E-state index is 0.420. The van der Waals surface area contributed by atoms with Gasteiger partial charge >= 0.3 is 0 Å². The van der Waals surface area contributed by atoms with Crippen LogP contribution in [0.25, 0.3) is 0 Å². The van der Waals surface area contributed by atoms with Crippen molar-refractivity contribution in [3.05, 3.63) is 24.8 Å². The number of nitrogens with one attached hydrogen (secondary N) is 1. The summed E-state index contributed by atoms with van der Waals surface area (Å²) < 4.78 is 0. The lowest BCUT2D eigenvalue weighted by molar-refractivity contribution is 1.02. The van der Waals surface area contributed by atoms with E-state index in [4.69, 9.17) is 5.73 Å². The number of hydrogen-bond acceptors (Lipinski definition) is 5. The molecule has 0 saturated heterocycles. The summed E-state index contributed by atoms with van der Waals surface area (Å²) in [6, 6.07) is 0. The van der Waals surface area contributed by atoms with Crippen LogP contribution in [-0.4, -0.2) is 19.9 Å². The first-order valence-electron chi connectivity index (χ1n) is 3.59. The average molecular weight is 193 g/mol. The standard InChI is InChI=1S/C7H7N5S/c8-5-3-12-6(4-11-5)13-7-9-1-2-10-7/h1-4H,(H2,8,11)(H,9,10). The zero-order valence-electron chi connectivity index (χ0n) is 6.64. The Morgan fingerprint density at radius 2 is 2.15 bits per heavy atom. The largest absolute Gasteiger partial charge is 0.382 e. The highest BCUT2D eigenvalue weighted by atomic mass is 32.2. The molecule has 0 aliphatic heterocycles. The molecule has 2 rings (SSSR count). The maximum Gasteiger partial charge on any atom is 0.171 e. The lowest BCUT2D eigenvalue weighted by atomic mass is 10.7. The Kier molecular flexibility index (Phi) is 2.13. The van der Waals surface area contributed by atoms with E-state index in [0.717, 1.165) is 10.2 Å². The zero-order chi connectivity index (χ0) is 9.10. The van der Waals surface area contributed by atoms with Gasteiger partial charge in [-0.1, -0.05) is 0 Å². The second-order valence-corrected chi connectivity index (χ2v) is 3.28. The molecule has 13 heavy (non-hydrogen) atoms. The maximum absolute atomic E-state index is 5.39. The molecule has 0 aliphatic rings. The molecule has 3 N–H and O–H groups in total. The molecule has 0 spiro atoms. The minimum Gasteiger partial charge on any atom is -0.382 e. The Labute approximate surface area is 78.8 Å². The van der Waals surface area contributed by atoms with Gasteiger partial charge in [0.15, 0.2) is 5.16 Å². The van der Waals surface area contributed by atoms with Crippen molar-refractivity contribution in [1.29, 1.82) is 0 Å². The van der Waals surface area contributed by atoms with Gasteiger partial charge in [-0.15, -0.1) is 0 Å². The molecule has 6 heteroatoms. The molecule has 0 aliphatic carbocycles. The maximum atomic E-state index is 5.39. The second-order valence-electron chi connectivity index (χ2n) is 2.28. The van der Waals surface area contributed by atoms with Crippen molar-refractivity contribution in [1.82, 2.24) is 19.9 Å². The van der Waals surface area contributed by atoms with Crippen LogP contribution in [0.4, 0.5) is 5.82 Å². The quantitative estimate of drug-likeness (QED) is 0.741. The number of hydrogen-bond donors (Lipinski definition) is 2. The summed E-state index contributed by atoms with van der Waals surface area (Å²) in [6.07, 6.45) is 6.58. The third kappa shape index (κ3) is 1.97. The highest BCUT2D eigenvalue weighted by Gasteiger charge is 1.99. The molecule has 0 amide bonds. The first-order valence-corrected chi connectivity index (χ1v) is 4.41. The fraction of sp³-hybridized carbons (Fsp3) is 0. The normalized spacial score (nSPS) is 10.2. The third-order valence-electron chi connectivity index (χ3n) is 1.32. The van der Waals surface area contributed by atoms with E-state index in [-0.39, 0.29) is 0 Å². The number of nitrogens with two attached hydrogens (primary N) is 1. The Morgan fingerprint density at radius 3 is 2.77 bits per heavy atom. The molecular weight excluding hydrogens is 186 g/mol. The second kappa shape index (κ2) is 3.44. The minimum atomic E-state index is 0.420. The number of anilines is 1. The summed E-state index contributed by atoms with van der Waals surface area (Å²) in [5, 5.41) is 1.56. The fourth-order valence-electron chi connectivity index (χ4n) is 0.785.